The molecule has 1 fully saturated rings. The summed E-state index contributed by atoms with van der Waals surface area (Å²) >= 11 is 5.14. The molecule has 18 heavy (non-hydrogen) atoms. The summed E-state index contributed by atoms with van der Waals surface area (Å²) in [6, 6.07) is 6.84. The molecule has 1 saturated heterocycles. The van der Waals surface area contributed by atoms with Gasteiger partial charge in [-0.25, -0.2) is 8.42 Å². The van der Waals surface area contributed by atoms with Crippen LogP contribution in [0.3, 0.4) is 0 Å². The molecule has 0 aliphatic carbocycles. The minimum Gasteiger partial charge on any atom is -0.207 e. The number of rotatable bonds is 3. The standard InChI is InChI=1S/C12H16BrNO2S2/c1-17-11-6-8-14(9-7-11)18(15,16)12-4-2-10(13)3-5-12/h2-5,11H,6-9H2,1H3. The van der Waals surface area contributed by atoms with Gasteiger partial charge in [0.05, 0.1) is 4.90 Å². The molecule has 6 heteroatoms. The van der Waals surface area contributed by atoms with Crippen molar-refractivity contribution in [2.24, 2.45) is 0 Å². The van der Waals surface area contributed by atoms with Crippen LogP contribution in [0.1, 0.15) is 12.8 Å². The van der Waals surface area contributed by atoms with Crippen molar-refractivity contribution in [2.45, 2.75) is 23.0 Å². The van der Waals surface area contributed by atoms with Gasteiger partial charge in [-0.15, -0.1) is 0 Å². The smallest absolute Gasteiger partial charge is 0.207 e. The number of piperidine rings is 1. The molecule has 0 aromatic heterocycles. The summed E-state index contributed by atoms with van der Waals surface area (Å²) in [6.45, 7) is 1.26. The second-order valence-electron chi connectivity index (χ2n) is 4.29. The van der Waals surface area contributed by atoms with Gasteiger partial charge in [-0.2, -0.15) is 16.1 Å². The molecule has 1 heterocycles. The Labute approximate surface area is 121 Å². The Kier molecular flexibility index (Phi) is 4.75. The topological polar surface area (TPSA) is 37.4 Å². The largest absolute Gasteiger partial charge is 0.243 e. The number of hydrogen-bond donors (Lipinski definition) is 0. The highest BCUT2D eigenvalue weighted by Crippen LogP contribution is 2.26. The summed E-state index contributed by atoms with van der Waals surface area (Å²) < 4.78 is 27.3. The molecule has 0 unspecified atom stereocenters. The molecule has 2 rings (SSSR count). The molecular weight excluding hydrogens is 334 g/mol. The van der Waals surface area contributed by atoms with Crippen LogP contribution in [0.2, 0.25) is 0 Å². The number of hydrogen-bond acceptors (Lipinski definition) is 3. The highest BCUT2D eigenvalue weighted by atomic mass is 79.9. The first-order chi connectivity index (χ1) is 8.54. The fourth-order valence-electron chi connectivity index (χ4n) is 2.06. The SMILES string of the molecule is CSC1CCN(S(=O)(=O)c2ccc(Br)cc2)CC1. The average Bonchev–Trinajstić information content (AvgIpc) is 2.39. The van der Waals surface area contributed by atoms with E-state index >= 15 is 0 Å². The van der Waals surface area contributed by atoms with Gasteiger partial charge < -0.3 is 0 Å². The molecule has 1 aromatic rings. The summed E-state index contributed by atoms with van der Waals surface area (Å²) in [4.78, 5) is 0.383. The normalized spacial score (nSPS) is 19.0. The van der Waals surface area contributed by atoms with Crippen molar-refractivity contribution in [2.75, 3.05) is 19.3 Å². The van der Waals surface area contributed by atoms with Crippen molar-refractivity contribution in [1.29, 1.82) is 0 Å². The maximum atomic E-state index is 12.4. The van der Waals surface area contributed by atoms with Gasteiger partial charge in [0.15, 0.2) is 0 Å². The zero-order chi connectivity index (χ0) is 13.2. The molecule has 0 spiro atoms. The van der Waals surface area contributed by atoms with Crippen LogP contribution in [0.15, 0.2) is 33.6 Å². The van der Waals surface area contributed by atoms with E-state index in [1.165, 1.54) is 0 Å². The summed E-state index contributed by atoms with van der Waals surface area (Å²) in [6.07, 6.45) is 3.97. The molecule has 0 amide bonds. The fraction of sp³-hybridized carbons (Fsp3) is 0.500. The van der Waals surface area contributed by atoms with Gasteiger partial charge in [0, 0.05) is 22.8 Å². The number of nitrogens with zero attached hydrogens (tertiary/aromatic N) is 1. The number of benzene rings is 1. The lowest BCUT2D eigenvalue weighted by atomic mass is 10.2. The second kappa shape index (κ2) is 5.94. The molecule has 0 radical (unpaired) electrons. The zero-order valence-corrected chi connectivity index (χ0v) is 13.4. The third kappa shape index (κ3) is 3.10. The quantitative estimate of drug-likeness (QED) is 0.841. The van der Waals surface area contributed by atoms with Crippen LogP contribution in [0.5, 0.6) is 0 Å². The molecule has 0 bridgehead atoms. The van der Waals surface area contributed by atoms with Gasteiger partial charge >= 0.3 is 0 Å². The van der Waals surface area contributed by atoms with Gasteiger partial charge in [-0.1, -0.05) is 15.9 Å². The van der Waals surface area contributed by atoms with Gasteiger partial charge in [0.2, 0.25) is 10.0 Å². The van der Waals surface area contributed by atoms with Gasteiger partial charge in [-0.3, -0.25) is 0 Å². The number of thioether (sulfide) groups is 1. The summed E-state index contributed by atoms with van der Waals surface area (Å²) in [5.41, 5.74) is 0. The van der Waals surface area contributed by atoms with Crippen LogP contribution in [0, 0.1) is 0 Å². The number of sulfonamides is 1. The van der Waals surface area contributed by atoms with Crippen molar-refractivity contribution in [3.8, 4) is 0 Å². The van der Waals surface area contributed by atoms with Gasteiger partial charge in [0.1, 0.15) is 0 Å². The van der Waals surface area contributed by atoms with Crippen molar-refractivity contribution >= 4 is 37.7 Å². The van der Waals surface area contributed by atoms with E-state index in [0.29, 0.717) is 23.2 Å². The van der Waals surface area contributed by atoms with Gasteiger partial charge in [-0.05, 0) is 43.4 Å². The van der Waals surface area contributed by atoms with E-state index < -0.39 is 10.0 Å². The molecule has 1 aliphatic heterocycles. The minimum atomic E-state index is -3.31. The Hall–Kier alpha value is -0.0400. The van der Waals surface area contributed by atoms with E-state index in [-0.39, 0.29) is 0 Å². The number of halogens is 1. The first-order valence-corrected chi connectivity index (χ1v) is 9.34. The Morgan fingerprint density at radius 3 is 2.28 bits per heavy atom. The molecule has 3 nitrogen and oxygen atoms in total. The maximum absolute atomic E-state index is 12.4. The Balaban J connectivity index is 2.15. The highest BCUT2D eigenvalue weighted by molar-refractivity contribution is 9.10. The van der Waals surface area contributed by atoms with Crippen LogP contribution in [0.4, 0.5) is 0 Å². The lowest BCUT2D eigenvalue weighted by molar-refractivity contribution is 0.352. The van der Waals surface area contributed by atoms with Crippen molar-refractivity contribution in [3.63, 3.8) is 0 Å². The maximum Gasteiger partial charge on any atom is 0.243 e. The molecule has 0 N–H and O–H groups in total. The van der Waals surface area contributed by atoms with Crippen LogP contribution in [-0.2, 0) is 10.0 Å². The Morgan fingerprint density at radius 2 is 1.78 bits per heavy atom. The zero-order valence-electron chi connectivity index (χ0n) is 10.2. The lowest BCUT2D eigenvalue weighted by Gasteiger charge is -2.30. The van der Waals surface area contributed by atoms with Crippen LogP contribution in [0.25, 0.3) is 0 Å². The van der Waals surface area contributed by atoms with E-state index in [4.69, 9.17) is 0 Å². The third-order valence-corrected chi connectivity index (χ3v) is 6.77. The van der Waals surface area contributed by atoms with E-state index in [0.717, 1.165) is 17.3 Å². The molecule has 0 saturated carbocycles. The molecule has 0 atom stereocenters. The monoisotopic (exact) mass is 349 g/mol. The minimum absolute atomic E-state index is 0.383. The predicted octanol–water partition coefficient (Wildman–Crippen LogP) is 2.97. The highest BCUT2D eigenvalue weighted by Gasteiger charge is 2.28. The second-order valence-corrected chi connectivity index (χ2v) is 8.28. The van der Waals surface area contributed by atoms with Crippen LogP contribution in [-0.4, -0.2) is 37.3 Å². The molecule has 100 valence electrons. The van der Waals surface area contributed by atoms with E-state index in [1.807, 2.05) is 11.8 Å². The van der Waals surface area contributed by atoms with E-state index in [2.05, 4.69) is 22.2 Å². The summed E-state index contributed by atoms with van der Waals surface area (Å²) in [5.74, 6) is 0. The van der Waals surface area contributed by atoms with Crippen LogP contribution < -0.4 is 0 Å². The summed E-state index contributed by atoms with van der Waals surface area (Å²) in [5, 5.41) is 0.598. The van der Waals surface area contributed by atoms with Gasteiger partial charge in [0.25, 0.3) is 0 Å². The average molecular weight is 350 g/mol. The third-order valence-electron chi connectivity index (χ3n) is 3.19. The van der Waals surface area contributed by atoms with E-state index in [9.17, 15) is 8.42 Å². The van der Waals surface area contributed by atoms with Crippen molar-refractivity contribution in [1.82, 2.24) is 4.31 Å². The first kappa shape index (κ1) is 14.4. The lowest BCUT2D eigenvalue weighted by Crippen LogP contribution is -2.39. The Morgan fingerprint density at radius 1 is 1.22 bits per heavy atom. The molecular formula is C12H16BrNO2S2. The summed E-state index contributed by atoms with van der Waals surface area (Å²) in [7, 11) is -3.31. The molecule has 1 aromatic carbocycles. The molecule has 1 aliphatic rings. The van der Waals surface area contributed by atoms with E-state index in [1.54, 1.807) is 28.6 Å². The Bertz CT molecular complexity index is 493. The van der Waals surface area contributed by atoms with Crippen LogP contribution >= 0.6 is 27.7 Å². The van der Waals surface area contributed by atoms with Crippen molar-refractivity contribution < 1.29 is 8.42 Å². The first-order valence-electron chi connectivity index (χ1n) is 5.82. The van der Waals surface area contributed by atoms with Crippen molar-refractivity contribution in [3.05, 3.63) is 28.7 Å². The fourth-order valence-corrected chi connectivity index (χ4v) is 4.48. The predicted molar refractivity (Wildman–Crippen MR) is 79.4 cm³/mol.